The van der Waals surface area contributed by atoms with Gasteiger partial charge in [0, 0.05) is 33.0 Å². The average Bonchev–Trinajstić information content (AvgIpc) is 3.43. The Labute approximate surface area is 215 Å². The third-order valence-corrected chi connectivity index (χ3v) is 6.41. The number of alkyl carbamates (subject to hydrolysis) is 1. The van der Waals surface area contributed by atoms with Crippen LogP contribution in [0.25, 0.3) is 0 Å². The highest BCUT2D eigenvalue weighted by Gasteiger charge is 2.37. The number of nitrogens with one attached hydrogen (secondary N) is 3. The number of halogens is 6. The topological polar surface area (TPSA) is 96.5 Å². The van der Waals surface area contributed by atoms with E-state index < -0.39 is 59.0 Å². The first kappa shape index (κ1) is 25.5. The Morgan fingerprint density at radius 1 is 1.03 bits per heavy atom. The number of ether oxygens (including phenoxy) is 1. The summed E-state index contributed by atoms with van der Waals surface area (Å²) in [6.07, 6.45) is -6.47. The standard InChI is InChI=1S/C25H15ClF5N3O4/c26-17-2-1-13(27)8-15(17)21-20-16(23(36)34-21)5-10(19-9-32-24(37)38-19)6-18(20)33-22(35)11-3-12(25(29,30)31)7-14(28)4-11/h1-8,19,21H,9H2,(H,32,37)(H,33,35)(H,34,36)/t19-,21-/m1/s1. The van der Waals surface area contributed by atoms with Crippen LogP contribution in [-0.2, 0) is 10.9 Å². The van der Waals surface area contributed by atoms with Crippen LogP contribution in [-0.4, -0.2) is 24.5 Å². The van der Waals surface area contributed by atoms with Crippen molar-refractivity contribution in [3.63, 3.8) is 0 Å². The van der Waals surface area contributed by atoms with E-state index >= 15 is 0 Å². The predicted molar refractivity (Wildman–Crippen MR) is 124 cm³/mol. The van der Waals surface area contributed by atoms with E-state index in [1.807, 2.05) is 0 Å². The van der Waals surface area contributed by atoms with Crippen molar-refractivity contribution in [2.24, 2.45) is 0 Å². The van der Waals surface area contributed by atoms with Crippen molar-refractivity contribution in [2.75, 3.05) is 11.9 Å². The minimum atomic E-state index is -4.91. The van der Waals surface area contributed by atoms with Crippen LogP contribution in [0.4, 0.5) is 32.4 Å². The molecule has 3 N–H and O–H groups in total. The number of amides is 3. The Hall–Kier alpha value is -4.19. The molecule has 5 rings (SSSR count). The summed E-state index contributed by atoms with van der Waals surface area (Å²) < 4.78 is 72.8. The maximum Gasteiger partial charge on any atom is 0.416 e. The van der Waals surface area contributed by atoms with Gasteiger partial charge in [0.25, 0.3) is 11.8 Å². The van der Waals surface area contributed by atoms with Crippen molar-refractivity contribution in [3.05, 3.63) is 98.6 Å². The molecule has 0 aliphatic carbocycles. The van der Waals surface area contributed by atoms with Gasteiger partial charge in [-0.3, -0.25) is 9.59 Å². The molecule has 13 heteroatoms. The number of anilines is 1. The van der Waals surface area contributed by atoms with E-state index in [9.17, 15) is 36.3 Å². The Balaban J connectivity index is 1.62. The number of alkyl halides is 3. The number of fused-ring (bicyclic) bond motifs is 1. The summed E-state index contributed by atoms with van der Waals surface area (Å²) in [6.45, 7) is 0.0462. The van der Waals surface area contributed by atoms with E-state index in [-0.39, 0.29) is 45.6 Å². The Bertz CT molecular complexity index is 1510. The van der Waals surface area contributed by atoms with E-state index in [4.69, 9.17) is 16.3 Å². The molecule has 3 amide bonds. The lowest BCUT2D eigenvalue weighted by Gasteiger charge is -2.20. The molecular formula is C25H15ClF5N3O4. The summed E-state index contributed by atoms with van der Waals surface area (Å²) >= 11 is 6.25. The van der Waals surface area contributed by atoms with Gasteiger partial charge < -0.3 is 20.7 Å². The zero-order valence-corrected chi connectivity index (χ0v) is 19.6. The fourth-order valence-corrected chi connectivity index (χ4v) is 4.59. The van der Waals surface area contributed by atoms with E-state index in [1.54, 1.807) is 0 Å². The Kier molecular flexibility index (Phi) is 6.22. The molecule has 38 heavy (non-hydrogen) atoms. The minimum absolute atomic E-state index is 0.0290. The second-order valence-electron chi connectivity index (χ2n) is 8.56. The molecule has 3 aromatic carbocycles. The van der Waals surface area contributed by atoms with Gasteiger partial charge >= 0.3 is 12.3 Å². The van der Waals surface area contributed by atoms with Crippen LogP contribution in [0.2, 0.25) is 5.02 Å². The lowest BCUT2D eigenvalue weighted by atomic mass is 9.93. The summed E-state index contributed by atoms with van der Waals surface area (Å²) in [6, 6.07) is 6.57. The summed E-state index contributed by atoms with van der Waals surface area (Å²) in [7, 11) is 0. The highest BCUT2D eigenvalue weighted by molar-refractivity contribution is 6.31. The summed E-state index contributed by atoms with van der Waals surface area (Å²) in [5, 5.41) is 7.63. The molecule has 196 valence electrons. The summed E-state index contributed by atoms with van der Waals surface area (Å²) in [4.78, 5) is 37.5. The molecule has 3 aromatic rings. The minimum Gasteiger partial charge on any atom is -0.439 e. The largest absolute Gasteiger partial charge is 0.439 e. The third-order valence-electron chi connectivity index (χ3n) is 6.07. The van der Waals surface area contributed by atoms with Crippen LogP contribution >= 0.6 is 11.6 Å². The second-order valence-corrected chi connectivity index (χ2v) is 8.96. The fraction of sp³-hybridized carbons (Fsp3) is 0.160. The maximum atomic E-state index is 14.1. The number of benzene rings is 3. The van der Waals surface area contributed by atoms with Gasteiger partial charge in [0.15, 0.2) is 0 Å². The summed E-state index contributed by atoms with van der Waals surface area (Å²) in [5.74, 6) is -3.67. The van der Waals surface area contributed by atoms with Crippen LogP contribution in [0.3, 0.4) is 0 Å². The number of hydrogen-bond donors (Lipinski definition) is 3. The lowest BCUT2D eigenvalue weighted by Crippen LogP contribution is -2.21. The number of hydrogen-bond acceptors (Lipinski definition) is 4. The van der Waals surface area contributed by atoms with Gasteiger partial charge in [-0.05, 0) is 54.1 Å². The maximum absolute atomic E-state index is 14.1. The molecule has 2 atom stereocenters. The molecule has 1 saturated heterocycles. The van der Waals surface area contributed by atoms with E-state index in [2.05, 4.69) is 16.0 Å². The second kappa shape index (κ2) is 9.28. The quantitative estimate of drug-likeness (QED) is 0.373. The molecule has 1 fully saturated rings. The molecule has 2 aliphatic rings. The van der Waals surface area contributed by atoms with Crippen molar-refractivity contribution in [1.29, 1.82) is 0 Å². The summed E-state index contributed by atoms with van der Waals surface area (Å²) in [5.41, 5.74) is -1.46. The zero-order chi connectivity index (χ0) is 27.4. The SMILES string of the molecule is O=C1NC[C@H](c2cc(NC(=O)c3cc(F)cc(C(F)(F)F)c3)c3c(c2)C(=O)N[C@@H]3c2cc(F)ccc2Cl)O1. The molecule has 0 saturated carbocycles. The van der Waals surface area contributed by atoms with Gasteiger partial charge in [0.2, 0.25) is 0 Å². The van der Waals surface area contributed by atoms with Gasteiger partial charge in [-0.1, -0.05) is 11.6 Å². The van der Waals surface area contributed by atoms with Crippen molar-refractivity contribution in [3.8, 4) is 0 Å². The number of rotatable bonds is 4. The van der Waals surface area contributed by atoms with Gasteiger partial charge in [-0.15, -0.1) is 0 Å². The van der Waals surface area contributed by atoms with Crippen molar-refractivity contribution >= 4 is 35.2 Å². The molecule has 0 unspecified atom stereocenters. The monoisotopic (exact) mass is 551 g/mol. The van der Waals surface area contributed by atoms with Gasteiger partial charge in [-0.2, -0.15) is 13.2 Å². The van der Waals surface area contributed by atoms with Crippen LogP contribution in [0.15, 0.2) is 48.5 Å². The van der Waals surface area contributed by atoms with E-state index in [0.717, 1.165) is 12.1 Å². The zero-order valence-electron chi connectivity index (χ0n) is 18.9. The smallest absolute Gasteiger partial charge is 0.416 e. The van der Waals surface area contributed by atoms with Crippen molar-refractivity contribution in [2.45, 2.75) is 18.3 Å². The fourth-order valence-electron chi connectivity index (χ4n) is 4.37. The van der Waals surface area contributed by atoms with Crippen LogP contribution < -0.4 is 16.0 Å². The molecular weight excluding hydrogens is 537 g/mol. The van der Waals surface area contributed by atoms with Crippen LogP contribution in [0.1, 0.15) is 55.1 Å². The first-order valence-electron chi connectivity index (χ1n) is 11.0. The Morgan fingerprint density at radius 3 is 2.47 bits per heavy atom. The highest BCUT2D eigenvalue weighted by atomic mass is 35.5. The predicted octanol–water partition coefficient (Wildman–Crippen LogP) is 5.50. The molecule has 0 bridgehead atoms. The number of cyclic esters (lactones) is 1. The van der Waals surface area contributed by atoms with Gasteiger partial charge in [0.05, 0.1) is 18.2 Å². The number of carbonyl (C=O) groups is 3. The molecule has 2 heterocycles. The molecule has 2 aliphatic heterocycles. The van der Waals surface area contributed by atoms with Gasteiger partial charge in [0.1, 0.15) is 17.7 Å². The van der Waals surface area contributed by atoms with E-state index in [1.165, 1.54) is 18.2 Å². The molecule has 7 nitrogen and oxygen atoms in total. The van der Waals surface area contributed by atoms with Gasteiger partial charge in [-0.25, -0.2) is 13.6 Å². The first-order valence-corrected chi connectivity index (χ1v) is 11.4. The van der Waals surface area contributed by atoms with Crippen LogP contribution in [0.5, 0.6) is 0 Å². The van der Waals surface area contributed by atoms with Crippen molar-refractivity contribution in [1.82, 2.24) is 10.6 Å². The van der Waals surface area contributed by atoms with Crippen molar-refractivity contribution < 1.29 is 41.1 Å². The normalized spacial score (nSPS) is 18.5. The Morgan fingerprint density at radius 2 is 1.79 bits per heavy atom. The first-order chi connectivity index (χ1) is 17.9. The van der Waals surface area contributed by atoms with E-state index in [0.29, 0.717) is 12.1 Å². The molecule has 0 radical (unpaired) electrons. The van der Waals surface area contributed by atoms with Crippen LogP contribution in [0, 0.1) is 11.6 Å². The average molecular weight is 552 g/mol. The lowest BCUT2D eigenvalue weighted by molar-refractivity contribution is -0.137. The third kappa shape index (κ3) is 4.74. The number of carbonyl (C=O) groups excluding carboxylic acids is 3. The molecule has 0 spiro atoms. The highest BCUT2D eigenvalue weighted by Crippen LogP contribution is 2.41. The molecule has 0 aromatic heterocycles.